The van der Waals surface area contributed by atoms with Crippen LogP contribution in [0.1, 0.15) is 51.5 Å². The summed E-state index contributed by atoms with van der Waals surface area (Å²) < 4.78 is 5.56. The first-order valence-electron chi connectivity index (χ1n) is 9.76. The number of rotatable bonds is 3. The molecule has 2 atom stereocenters. The summed E-state index contributed by atoms with van der Waals surface area (Å²) in [7, 11) is 0. The molecule has 2 N–H and O–H groups in total. The molecule has 2 aliphatic rings. The molecule has 1 aromatic carbocycles. The number of ether oxygens (including phenoxy) is 1. The highest BCUT2D eigenvalue weighted by Crippen LogP contribution is 2.49. The van der Waals surface area contributed by atoms with Crippen molar-refractivity contribution >= 4 is 35.4 Å². The smallest absolute Gasteiger partial charge is 0.410 e. The average Bonchev–Trinajstić information content (AvgIpc) is 2.98. The first-order chi connectivity index (χ1) is 13.6. The Hall–Kier alpha value is -1.86. The largest absolute Gasteiger partial charge is 0.444 e. The van der Waals surface area contributed by atoms with E-state index < -0.39 is 11.5 Å². The van der Waals surface area contributed by atoms with Gasteiger partial charge >= 0.3 is 6.09 Å². The van der Waals surface area contributed by atoms with Crippen LogP contribution < -0.4 is 5.73 Å². The zero-order valence-corrected chi connectivity index (χ0v) is 18.8. The van der Waals surface area contributed by atoms with E-state index in [0.717, 1.165) is 24.1 Å². The Morgan fingerprint density at radius 2 is 1.90 bits per heavy atom. The molecule has 0 bridgehead atoms. The minimum atomic E-state index is -0.533. The molecule has 2 amide bonds. The van der Waals surface area contributed by atoms with Crippen LogP contribution in [0.3, 0.4) is 0 Å². The van der Waals surface area contributed by atoms with Crippen molar-refractivity contribution in [2.24, 2.45) is 5.73 Å². The fraction of sp³-hybridized carbons (Fsp3) is 0.524. The lowest BCUT2D eigenvalue weighted by Gasteiger charge is -2.42. The summed E-state index contributed by atoms with van der Waals surface area (Å²) in [4.78, 5) is 29.2. The monoisotopic (exact) mass is 437 g/mol. The Bertz CT molecular complexity index is 819. The summed E-state index contributed by atoms with van der Waals surface area (Å²) in [5, 5.41) is 0.579. The minimum absolute atomic E-state index is 0.0706. The molecule has 2 unspecified atom stereocenters. The van der Waals surface area contributed by atoms with Gasteiger partial charge in [0.2, 0.25) is 0 Å². The highest BCUT2D eigenvalue weighted by Gasteiger charge is 2.40. The van der Waals surface area contributed by atoms with Crippen molar-refractivity contribution in [2.75, 3.05) is 13.1 Å². The van der Waals surface area contributed by atoms with Gasteiger partial charge in [0.15, 0.2) is 0 Å². The molecule has 158 valence electrons. The van der Waals surface area contributed by atoms with E-state index in [9.17, 15) is 9.59 Å². The zero-order chi connectivity index (χ0) is 21.3. The molecule has 1 saturated heterocycles. The molecule has 8 heteroatoms. The van der Waals surface area contributed by atoms with Crippen molar-refractivity contribution in [3.8, 4) is 0 Å². The van der Waals surface area contributed by atoms with E-state index in [2.05, 4.69) is 4.90 Å². The number of halogens is 1. The maximum Gasteiger partial charge on any atom is 0.410 e. The van der Waals surface area contributed by atoms with E-state index in [0.29, 0.717) is 23.0 Å². The molecule has 0 aromatic heterocycles. The van der Waals surface area contributed by atoms with Crippen molar-refractivity contribution in [2.45, 2.75) is 57.6 Å². The van der Waals surface area contributed by atoms with E-state index in [1.165, 1.54) is 11.8 Å². The van der Waals surface area contributed by atoms with Gasteiger partial charge in [-0.05, 0) is 58.2 Å². The summed E-state index contributed by atoms with van der Waals surface area (Å²) in [6, 6.07) is 7.71. The van der Waals surface area contributed by atoms with E-state index in [1.807, 2.05) is 52.0 Å². The summed E-state index contributed by atoms with van der Waals surface area (Å²) in [6.07, 6.45) is 1.50. The van der Waals surface area contributed by atoms with Crippen molar-refractivity contribution in [3.05, 3.63) is 45.5 Å². The first-order valence-corrected chi connectivity index (χ1v) is 11.0. The summed E-state index contributed by atoms with van der Waals surface area (Å²) in [6.45, 7) is 8.74. The van der Waals surface area contributed by atoms with Crippen molar-refractivity contribution in [1.82, 2.24) is 9.80 Å². The summed E-state index contributed by atoms with van der Waals surface area (Å²) >= 11 is 7.52. The number of primary amides is 1. The predicted octanol–water partition coefficient (Wildman–Crippen LogP) is 4.50. The van der Waals surface area contributed by atoms with Crippen molar-refractivity contribution < 1.29 is 14.3 Å². The molecule has 6 nitrogen and oxygen atoms in total. The molecule has 1 fully saturated rings. The van der Waals surface area contributed by atoms with E-state index in [1.54, 1.807) is 4.90 Å². The van der Waals surface area contributed by atoms with Crippen LogP contribution in [0.4, 0.5) is 4.79 Å². The molecule has 0 radical (unpaired) electrons. The second kappa shape index (κ2) is 8.48. The third-order valence-corrected chi connectivity index (χ3v) is 6.73. The molecule has 0 saturated carbocycles. The number of carbonyl (C=O) groups is 2. The number of carbonyl (C=O) groups excluding carboxylic acids is 2. The number of nitrogens with zero attached hydrogens (tertiary/aromatic N) is 2. The third-order valence-electron chi connectivity index (χ3n) is 5.02. The second-order valence-electron chi connectivity index (χ2n) is 8.43. The lowest BCUT2D eigenvalue weighted by Crippen LogP contribution is -2.50. The van der Waals surface area contributed by atoms with Crippen LogP contribution in [0.5, 0.6) is 0 Å². The summed E-state index contributed by atoms with van der Waals surface area (Å²) in [5.41, 5.74) is 7.01. The quantitative estimate of drug-likeness (QED) is 0.753. The number of nitrogens with two attached hydrogens (primary N) is 1. The highest BCUT2D eigenvalue weighted by molar-refractivity contribution is 8.04. The second-order valence-corrected chi connectivity index (χ2v) is 9.96. The maximum absolute atomic E-state index is 12.6. The Labute approximate surface area is 181 Å². The number of allylic oxidation sites excluding steroid dienone is 1. The molecule has 2 heterocycles. The molecular formula is C21H28ClN3O3S. The number of piperidine rings is 1. The molecule has 0 aliphatic carbocycles. The Morgan fingerprint density at radius 3 is 2.48 bits per heavy atom. The topological polar surface area (TPSA) is 75.9 Å². The molecule has 29 heavy (non-hydrogen) atoms. The Balaban J connectivity index is 1.86. The number of hydrogen-bond donors (Lipinski definition) is 1. The van der Waals surface area contributed by atoms with Gasteiger partial charge in [-0.1, -0.05) is 35.5 Å². The fourth-order valence-corrected chi connectivity index (χ4v) is 5.26. The van der Waals surface area contributed by atoms with Gasteiger partial charge in [-0.2, -0.15) is 0 Å². The van der Waals surface area contributed by atoms with Crippen LogP contribution in [-0.2, 0) is 9.53 Å². The number of likely N-dealkylation sites (tertiary alicyclic amines) is 1. The van der Waals surface area contributed by atoms with Gasteiger partial charge in [0.05, 0.1) is 4.91 Å². The van der Waals surface area contributed by atoms with Gasteiger partial charge in [-0.25, -0.2) is 4.79 Å². The van der Waals surface area contributed by atoms with Crippen LogP contribution >= 0.6 is 23.4 Å². The van der Waals surface area contributed by atoms with Gasteiger partial charge in [-0.15, -0.1) is 0 Å². The molecule has 2 aliphatic heterocycles. The van der Waals surface area contributed by atoms with E-state index in [-0.39, 0.29) is 17.5 Å². The van der Waals surface area contributed by atoms with Gasteiger partial charge < -0.3 is 20.3 Å². The fourth-order valence-electron chi connectivity index (χ4n) is 3.78. The molecule has 0 spiro atoms. The lowest BCUT2D eigenvalue weighted by molar-refractivity contribution is -0.114. The standard InChI is InChI=1S/C21H28ClN3O3S/c1-13-17(18(23)26)29-19(14-7-9-15(22)10-8-14)25(13)16-6-5-11-24(12-16)20(27)28-21(2,3)4/h7-10,16,19H,5-6,11-12H2,1-4H3,(H2,23,26). The number of benzene rings is 1. The van der Waals surface area contributed by atoms with Crippen LogP contribution in [0.25, 0.3) is 0 Å². The lowest BCUT2D eigenvalue weighted by atomic mass is 10.0. The van der Waals surface area contributed by atoms with Crippen molar-refractivity contribution in [3.63, 3.8) is 0 Å². The SMILES string of the molecule is CC1=C(C(N)=O)SC(c2ccc(Cl)cc2)N1C1CCCN(C(=O)OC(C)(C)C)C1. The van der Waals surface area contributed by atoms with E-state index in [4.69, 9.17) is 22.1 Å². The maximum atomic E-state index is 12.6. The van der Waals surface area contributed by atoms with Crippen LogP contribution in [0, 0.1) is 0 Å². The van der Waals surface area contributed by atoms with Gasteiger partial charge in [0.25, 0.3) is 5.91 Å². The highest BCUT2D eigenvalue weighted by atomic mass is 35.5. The Kier molecular flexibility index (Phi) is 6.39. The van der Waals surface area contributed by atoms with Gasteiger partial charge in [0.1, 0.15) is 11.0 Å². The van der Waals surface area contributed by atoms with Gasteiger partial charge in [0, 0.05) is 29.9 Å². The van der Waals surface area contributed by atoms with Crippen LogP contribution in [0.2, 0.25) is 5.02 Å². The normalized spacial score (nSPS) is 22.8. The van der Waals surface area contributed by atoms with Gasteiger partial charge in [-0.3, -0.25) is 4.79 Å². The summed E-state index contributed by atoms with van der Waals surface area (Å²) in [5.74, 6) is -0.422. The minimum Gasteiger partial charge on any atom is -0.444 e. The number of thioether (sulfide) groups is 1. The van der Waals surface area contributed by atoms with Crippen molar-refractivity contribution in [1.29, 1.82) is 0 Å². The predicted molar refractivity (Wildman–Crippen MR) is 116 cm³/mol. The third kappa shape index (κ3) is 5.01. The average molecular weight is 438 g/mol. The van der Waals surface area contributed by atoms with E-state index >= 15 is 0 Å². The molecule has 1 aromatic rings. The van der Waals surface area contributed by atoms with Crippen LogP contribution in [-0.4, -0.2) is 46.5 Å². The Morgan fingerprint density at radius 1 is 1.24 bits per heavy atom. The number of hydrogen-bond acceptors (Lipinski definition) is 5. The first kappa shape index (κ1) is 21.8. The molecule has 3 rings (SSSR count). The van der Waals surface area contributed by atoms with Crippen LogP contribution in [0.15, 0.2) is 34.9 Å². The molecular weight excluding hydrogens is 410 g/mol. The number of amides is 2. The zero-order valence-electron chi connectivity index (χ0n) is 17.3.